The van der Waals surface area contributed by atoms with Crippen LogP contribution in [0.25, 0.3) is 0 Å². The van der Waals surface area contributed by atoms with Crippen LogP contribution >= 0.6 is 0 Å². The third kappa shape index (κ3) is 5.75. The van der Waals surface area contributed by atoms with E-state index in [2.05, 4.69) is 66.6 Å². The number of nitrogens with one attached hydrogen (secondary N) is 1. The zero-order chi connectivity index (χ0) is 16.7. The molecule has 0 heterocycles. The Morgan fingerprint density at radius 1 is 1.04 bits per heavy atom. The fourth-order valence-electron chi connectivity index (χ4n) is 2.37. The van der Waals surface area contributed by atoms with Crippen LogP contribution < -0.4 is 11.1 Å². The molecule has 0 saturated heterocycles. The van der Waals surface area contributed by atoms with Crippen molar-refractivity contribution in [2.45, 2.75) is 33.9 Å². The Morgan fingerprint density at radius 3 is 2.26 bits per heavy atom. The number of hydrogen-bond donors (Lipinski definition) is 2. The molecule has 0 bridgehead atoms. The van der Waals surface area contributed by atoms with Gasteiger partial charge in [0.15, 0.2) is 5.96 Å². The van der Waals surface area contributed by atoms with Gasteiger partial charge in [0.05, 0.1) is 13.2 Å². The molecule has 0 spiro atoms. The van der Waals surface area contributed by atoms with Crippen LogP contribution in [-0.4, -0.2) is 12.6 Å². The highest BCUT2D eigenvalue weighted by Crippen LogP contribution is 2.13. The number of nitrogens with zero attached hydrogens (tertiary/aromatic N) is 1. The molecule has 4 heteroatoms. The molecule has 0 atom stereocenters. The smallest absolute Gasteiger partial charge is 0.193 e. The highest BCUT2D eigenvalue weighted by molar-refractivity contribution is 5.92. The maximum absolute atomic E-state index is 5.97. The first-order valence-electron chi connectivity index (χ1n) is 7.87. The molecule has 0 radical (unpaired) electrons. The molecular formula is C19H25N3O. The molecule has 122 valence electrons. The molecule has 0 aliphatic heterocycles. The van der Waals surface area contributed by atoms with Crippen LogP contribution in [0.1, 0.15) is 29.2 Å². The van der Waals surface area contributed by atoms with Gasteiger partial charge >= 0.3 is 0 Å². The Morgan fingerprint density at radius 2 is 1.65 bits per heavy atom. The fraction of sp³-hybridized carbons (Fsp3) is 0.316. The van der Waals surface area contributed by atoms with Crippen molar-refractivity contribution in [1.82, 2.24) is 0 Å². The molecule has 0 fully saturated rings. The van der Waals surface area contributed by atoms with Crippen molar-refractivity contribution < 1.29 is 4.74 Å². The third-order valence-electron chi connectivity index (χ3n) is 3.42. The molecule has 0 saturated carbocycles. The summed E-state index contributed by atoms with van der Waals surface area (Å²) in [5.74, 6) is 0.424. The van der Waals surface area contributed by atoms with Gasteiger partial charge in [0.25, 0.3) is 0 Å². The molecular weight excluding hydrogens is 286 g/mol. The van der Waals surface area contributed by atoms with Crippen molar-refractivity contribution in [3.05, 3.63) is 64.7 Å². The van der Waals surface area contributed by atoms with Gasteiger partial charge in [0, 0.05) is 12.3 Å². The van der Waals surface area contributed by atoms with Crippen molar-refractivity contribution in [3.8, 4) is 0 Å². The first-order valence-corrected chi connectivity index (χ1v) is 7.87. The van der Waals surface area contributed by atoms with E-state index in [-0.39, 0.29) is 0 Å². The first kappa shape index (κ1) is 17.0. The number of ether oxygens (including phenoxy) is 1. The highest BCUT2D eigenvalue weighted by atomic mass is 16.5. The van der Waals surface area contributed by atoms with Crippen LogP contribution in [0.4, 0.5) is 5.69 Å². The molecule has 3 N–H and O–H groups in total. The van der Waals surface area contributed by atoms with Crippen molar-refractivity contribution in [3.63, 3.8) is 0 Å². The second kappa shape index (κ2) is 8.34. The molecule has 0 amide bonds. The average Bonchev–Trinajstić information content (AvgIpc) is 2.51. The maximum Gasteiger partial charge on any atom is 0.193 e. The molecule has 2 aromatic rings. The minimum absolute atomic E-state index is 0.424. The number of anilines is 1. The minimum atomic E-state index is 0.424. The molecule has 23 heavy (non-hydrogen) atoms. The van der Waals surface area contributed by atoms with E-state index in [1.165, 1.54) is 16.7 Å². The Hall–Kier alpha value is -2.33. The van der Waals surface area contributed by atoms with Gasteiger partial charge in [-0.05, 0) is 55.2 Å². The zero-order valence-electron chi connectivity index (χ0n) is 14.1. The quantitative estimate of drug-likeness (QED) is 0.630. The number of rotatable bonds is 6. The third-order valence-corrected chi connectivity index (χ3v) is 3.42. The molecule has 0 aliphatic carbocycles. The summed E-state index contributed by atoms with van der Waals surface area (Å²) < 4.78 is 5.39. The Bertz CT molecular complexity index is 643. The topological polar surface area (TPSA) is 59.6 Å². The SMILES string of the molecule is CCOCc1ccc(CN=C(N)Nc2cc(C)cc(C)c2)cc1. The minimum Gasteiger partial charge on any atom is -0.377 e. The van der Waals surface area contributed by atoms with Crippen molar-refractivity contribution in [1.29, 1.82) is 0 Å². The normalized spacial score (nSPS) is 11.5. The summed E-state index contributed by atoms with van der Waals surface area (Å²) in [5.41, 5.74) is 11.6. The van der Waals surface area contributed by atoms with Crippen LogP contribution in [0, 0.1) is 13.8 Å². The lowest BCUT2D eigenvalue weighted by Crippen LogP contribution is -2.22. The predicted octanol–water partition coefficient (Wildman–Crippen LogP) is 3.77. The number of benzene rings is 2. The van der Waals surface area contributed by atoms with Gasteiger partial charge in [-0.2, -0.15) is 0 Å². The van der Waals surface area contributed by atoms with Crippen molar-refractivity contribution in [2.75, 3.05) is 11.9 Å². The van der Waals surface area contributed by atoms with Crippen LogP contribution in [0.3, 0.4) is 0 Å². The number of aliphatic imine (C=N–C) groups is 1. The molecule has 2 aromatic carbocycles. The first-order chi connectivity index (χ1) is 11.1. The molecule has 0 aliphatic rings. The van der Waals surface area contributed by atoms with E-state index >= 15 is 0 Å². The van der Waals surface area contributed by atoms with Crippen LogP contribution in [0.15, 0.2) is 47.5 Å². The predicted molar refractivity (Wildman–Crippen MR) is 96.6 cm³/mol. The Kier molecular flexibility index (Phi) is 6.18. The molecule has 2 rings (SSSR count). The number of nitrogens with two attached hydrogens (primary N) is 1. The molecule has 0 unspecified atom stereocenters. The summed E-state index contributed by atoms with van der Waals surface area (Å²) >= 11 is 0. The number of aryl methyl sites for hydroxylation is 2. The van der Waals surface area contributed by atoms with Crippen molar-refractivity contribution >= 4 is 11.6 Å². The van der Waals surface area contributed by atoms with E-state index in [9.17, 15) is 0 Å². The Labute approximate surface area is 138 Å². The van der Waals surface area contributed by atoms with E-state index in [1.807, 2.05) is 6.92 Å². The summed E-state index contributed by atoms with van der Waals surface area (Å²) in [6.45, 7) is 8.06. The summed E-state index contributed by atoms with van der Waals surface area (Å²) in [4.78, 5) is 4.39. The standard InChI is InChI=1S/C19H25N3O/c1-4-23-13-17-7-5-16(6-8-17)12-21-19(20)22-18-10-14(2)9-15(3)11-18/h5-11H,4,12-13H2,1-3H3,(H3,20,21,22). The molecule has 4 nitrogen and oxygen atoms in total. The number of guanidine groups is 1. The maximum atomic E-state index is 5.97. The lowest BCUT2D eigenvalue weighted by molar-refractivity contribution is 0.134. The van der Waals surface area contributed by atoms with Gasteiger partial charge in [-0.15, -0.1) is 0 Å². The zero-order valence-corrected chi connectivity index (χ0v) is 14.1. The van der Waals surface area contributed by atoms with Gasteiger partial charge in [-0.25, -0.2) is 4.99 Å². The summed E-state index contributed by atoms with van der Waals surface area (Å²) in [5, 5.41) is 3.14. The van der Waals surface area contributed by atoms with E-state index in [0.29, 0.717) is 19.1 Å². The van der Waals surface area contributed by atoms with E-state index in [0.717, 1.165) is 17.9 Å². The van der Waals surface area contributed by atoms with E-state index in [1.54, 1.807) is 0 Å². The largest absolute Gasteiger partial charge is 0.377 e. The van der Waals surface area contributed by atoms with Crippen LogP contribution in [0.5, 0.6) is 0 Å². The van der Waals surface area contributed by atoms with Gasteiger partial charge in [0.1, 0.15) is 0 Å². The lowest BCUT2D eigenvalue weighted by atomic mass is 10.1. The lowest BCUT2D eigenvalue weighted by Gasteiger charge is -2.08. The summed E-state index contributed by atoms with van der Waals surface area (Å²) in [6.07, 6.45) is 0. The van der Waals surface area contributed by atoms with Crippen molar-refractivity contribution in [2.24, 2.45) is 10.7 Å². The van der Waals surface area contributed by atoms with E-state index < -0.39 is 0 Å². The Balaban J connectivity index is 1.93. The van der Waals surface area contributed by atoms with Gasteiger partial charge in [-0.1, -0.05) is 30.3 Å². The van der Waals surface area contributed by atoms with Crippen LogP contribution in [-0.2, 0) is 17.9 Å². The van der Waals surface area contributed by atoms with E-state index in [4.69, 9.17) is 10.5 Å². The monoisotopic (exact) mass is 311 g/mol. The summed E-state index contributed by atoms with van der Waals surface area (Å²) in [7, 11) is 0. The second-order valence-electron chi connectivity index (χ2n) is 5.66. The van der Waals surface area contributed by atoms with Gasteiger partial charge in [0.2, 0.25) is 0 Å². The molecule has 0 aromatic heterocycles. The number of hydrogen-bond acceptors (Lipinski definition) is 2. The fourth-order valence-corrected chi connectivity index (χ4v) is 2.37. The summed E-state index contributed by atoms with van der Waals surface area (Å²) in [6, 6.07) is 14.5. The highest BCUT2D eigenvalue weighted by Gasteiger charge is 1.99. The van der Waals surface area contributed by atoms with Gasteiger partial charge < -0.3 is 15.8 Å². The van der Waals surface area contributed by atoms with Crippen LogP contribution in [0.2, 0.25) is 0 Å². The average molecular weight is 311 g/mol. The van der Waals surface area contributed by atoms with Gasteiger partial charge in [-0.3, -0.25) is 0 Å². The second-order valence-corrected chi connectivity index (χ2v) is 5.66.